The monoisotopic (exact) mass is 362 g/mol. The van der Waals surface area contributed by atoms with Gasteiger partial charge in [0.25, 0.3) is 0 Å². The standard InChI is InChI=1S/C18H26N4O2S/c1-18(2,3)22(17(23)24)12-6-4-5-9-20-16-21-15(13-25-16)14-7-10-19-11-8-14/h7-8,10-11,13H,4-6,9,12H2,1-3H3,(H,20,21)(H,23,24). The van der Waals surface area contributed by atoms with E-state index in [1.165, 1.54) is 4.90 Å². The molecule has 0 aliphatic rings. The molecule has 2 aromatic heterocycles. The SMILES string of the molecule is CC(C)(C)N(CCCCCNc1nc(-c2ccncc2)cs1)C(=O)O. The Morgan fingerprint density at radius 2 is 1.96 bits per heavy atom. The molecule has 136 valence electrons. The third-order valence-corrected chi connectivity index (χ3v) is 4.66. The van der Waals surface area contributed by atoms with Gasteiger partial charge < -0.3 is 15.3 Å². The number of nitrogens with one attached hydrogen (secondary N) is 1. The van der Waals surface area contributed by atoms with Crippen LogP contribution in [0.1, 0.15) is 40.0 Å². The van der Waals surface area contributed by atoms with E-state index in [0.29, 0.717) is 6.54 Å². The number of amides is 1. The number of hydrogen-bond donors (Lipinski definition) is 2. The Labute approximate surface area is 152 Å². The highest BCUT2D eigenvalue weighted by Gasteiger charge is 2.25. The van der Waals surface area contributed by atoms with Gasteiger partial charge in [0.2, 0.25) is 0 Å². The Morgan fingerprint density at radius 3 is 2.60 bits per heavy atom. The Bertz CT molecular complexity index is 667. The summed E-state index contributed by atoms with van der Waals surface area (Å²) in [4.78, 5) is 21.4. The molecule has 0 aromatic carbocycles. The Kier molecular flexibility index (Phi) is 6.75. The van der Waals surface area contributed by atoms with Gasteiger partial charge in [0.05, 0.1) is 5.69 Å². The highest BCUT2D eigenvalue weighted by Crippen LogP contribution is 2.24. The first kappa shape index (κ1) is 19.2. The highest BCUT2D eigenvalue weighted by atomic mass is 32.1. The van der Waals surface area contributed by atoms with E-state index in [0.717, 1.165) is 42.2 Å². The van der Waals surface area contributed by atoms with Crippen molar-refractivity contribution < 1.29 is 9.90 Å². The summed E-state index contributed by atoms with van der Waals surface area (Å²) in [5.74, 6) is 0. The van der Waals surface area contributed by atoms with E-state index in [9.17, 15) is 9.90 Å². The van der Waals surface area contributed by atoms with Gasteiger partial charge in [-0.1, -0.05) is 0 Å². The second-order valence-electron chi connectivity index (χ2n) is 6.87. The largest absolute Gasteiger partial charge is 0.465 e. The van der Waals surface area contributed by atoms with Gasteiger partial charge in [-0.2, -0.15) is 0 Å². The van der Waals surface area contributed by atoms with E-state index in [-0.39, 0.29) is 5.54 Å². The molecule has 2 rings (SSSR count). The minimum atomic E-state index is -0.850. The molecule has 0 aliphatic heterocycles. The summed E-state index contributed by atoms with van der Waals surface area (Å²) in [7, 11) is 0. The molecule has 0 saturated carbocycles. The van der Waals surface area contributed by atoms with Crippen LogP contribution in [-0.4, -0.2) is 44.7 Å². The normalized spacial score (nSPS) is 11.3. The fraction of sp³-hybridized carbons (Fsp3) is 0.500. The number of aromatic nitrogens is 2. The topological polar surface area (TPSA) is 78.3 Å². The van der Waals surface area contributed by atoms with Crippen LogP contribution in [0.3, 0.4) is 0 Å². The molecule has 7 heteroatoms. The van der Waals surface area contributed by atoms with Crippen LogP contribution >= 0.6 is 11.3 Å². The van der Waals surface area contributed by atoms with Crippen molar-refractivity contribution in [2.75, 3.05) is 18.4 Å². The number of nitrogens with zero attached hydrogens (tertiary/aromatic N) is 3. The molecule has 0 spiro atoms. The number of rotatable bonds is 8. The summed E-state index contributed by atoms with van der Waals surface area (Å²) in [6, 6.07) is 3.89. The maximum absolute atomic E-state index is 11.3. The maximum Gasteiger partial charge on any atom is 0.407 e. The zero-order valence-electron chi connectivity index (χ0n) is 15.0. The van der Waals surface area contributed by atoms with Crippen molar-refractivity contribution in [3.8, 4) is 11.3 Å². The first-order chi connectivity index (χ1) is 11.9. The van der Waals surface area contributed by atoms with Crippen molar-refractivity contribution in [3.63, 3.8) is 0 Å². The second-order valence-corrected chi connectivity index (χ2v) is 7.72. The summed E-state index contributed by atoms with van der Waals surface area (Å²) in [6.07, 6.45) is 5.51. The van der Waals surface area contributed by atoms with Crippen LogP contribution < -0.4 is 5.32 Å². The number of thiazole rings is 1. The number of anilines is 1. The first-order valence-electron chi connectivity index (χ1n) is 8.48. The van der Waals surface area contributed by atoms with Gasteiger partial charge in [0.15, 0.2) is 5.13 Å². The molecule has 0 unspecified atom stereocenters. The fourth-order valence-corrected chi connectivity index (χ4v) is 3.24. The molecule has 6 nitrogen and oxygen atoms in total. The van der Waals surface area contributed by atoms with E-state index < -0.39 is 6.09 Å². The first-order valence-corrected chi connectivity index (χ1v) is 9.36. The lowest BCUT2D eigenvalue weighted by Gasteiger charge is -2.33. The quantitative estimate of drug-likeness (QED) is 0.673. The molecule has 0 bridgehead atoms. The van der Waals surface area contributed by atoms with Crippen molar-refractivity contribution in [2.24, 2.45) is 0 Å². The van der Waals surface area contributed by atoms with Gasteiger partial charge in [0, 0.05) is 42.0 Å². The minimum absolute atomic E-state index is 0.353. The zero-order valence-corrected chi connectivity index (χ0v) is 15.8. The lowest BCUT2D eigenvalue weighted by atomic mass is 10.1. The van der Waals surface area contributed by atoms with Crippen LogP contribution in [0.15, 0.2) is 29.9 Å². The van der Waals surface area contributed by atoms with Gasteiger partial charge in [0.1, 0.15) is 0 Å². The minimum Gasteiger partial charge on any atom is -0.465 e. The van der Waals surface area contributed by atoms with Gasteiger partial charge in [-0.05, 0) is 52.2 Å². The molecular formula is C18H26N4O2S. The van der Waals surface area contributed by atoms with E-state index >= 15 is 0 Å². The predicted molar refractivity (Wildman–Crippen MR) is 102 cm³/mol. The Morgan fingerprint density at radius 1 is 1.24 bits per heavy atom. The smallest absolute Gasteiger partial charge is 0.407 e. The molecule has 0 saturated heterocycles. The molecule has 0 aliphatic carbocycles. The molecule has 0 fully saturated rings. The van der Waals surface area contributed by atoms with Crippen LogP contribution in [0.25, 0.3) is 11.3 Å². The van der Waals surface area contributed by atoms with Crippen LogP contribution in [0.4, 0.5) is 9.93 Å². The maximum atomic E-state index is 11.3. The van der Waals surface area contributed by atoms with Crippen molar-refractivity contribution in [3.05, 3.63) is 29.9 Å². The van der Waals surface area contributed by atoms with E-state index in [2.05, 4.69) is 15.3 Å². The van der Waals surface area contributed by atoms with Gasteiger partial charge in [-0.15, -0.1) is 11.3 Å². The third kappa shape index (κ3) is 6.01. The number of carboxylic acid groups (broad SMARTS) is 1. The molecule has 2 N–H and O–H groups in total. The van der Waals surface area contributed by atoms with Crippen molar-refractivity contribution in [1.82, 2.24) is 14.9 Å². The van der Waals surface area contributed by atoms with Crippen LogP contribution in [0.5, 0.6) is 0 Å². The average molecular weight is 362 g/mol. The number of unbranched alkanes of at least 4 members (excludes halogenated alkanes) is 2. The molecule has 2 aromatic rings. The lowest BCUT2D eigenvalue weighted by Crippen LogP contribution is -2.45. The molecule has 0 radical (unpaired) electrons. The third-order valence-electron chi connectivity index (χ3n) is 3.86. The van der Waals surface area contributed by atoms with Crippen molar-refractivity contribution in [1.29, 1.82) is 0 Å². The predicted octanol–water partition coefficient (Wildman–Crippen LogP) is 4.57. The molecule has 2 heterocycles. The summed E-state index contributed by atoms with van der Waals surface area (Å²) in [6.45, 7) is 7.18. The lowest BCUT2D eigenvalue weighted by molar-refractivity contribution is 0.0991. The molecule has 1 amide bonds. The summed E-state index contributed by atoms with van der Waals surface area (Å²) < 4.78 is 0. The molecule has 25 heavy (non-hydrogen) atoms. The summed E-state index contributed by atoms with van der Waals surface area (Å²) in [5, 5.41) is 15.5. The van der Waals surface area contributed by atoms with E-state index in [4.69, 9.17) is 0 Å². The highest BCUT2D eigenvalue weighted by molar-refractivity contribution is 7.14. The van der Waals surface area contributed by atoms with Crippen LogP contribution in [-0.2, 0) is 0 Å². The Hall–Kier alpha value is -2.15. The van der Waals surface area contributed by atoms with Crippen molar-refractivity contribution >= 4 is 22.6 Å². The van der Waals surface area contributed by atoms with Crippen LogP contribution in [0.2, 0.25) is 0 Å². The summed E-state index contributed by atoms with van der Waals surface area (Å²) >= 11 is 1.59. The number of pyridine rings is 1. The zero-order chi connectivity index (χ0) is 18.3. The number of carbonyl (C=O) groups is 1. The second kappa shape index (κ2) is 8.80. The van der Waals surface area contributed by atoms with Gasteiger partial charge >= 0.3 is 6.09 Å². The van der Waals surface area contributed by atoms with Gasteiger partial charge in [-0.3, -0.25) is 4.98 Å². The fourth-order valence-electron chi connectivity index (χ4n) is 2.50. The van der Waals surface area contributed by atoms with Gasteiger partial charge in [-0.25, -0.2) is 9.78 Å². The van der Waals surface area contributed by atoms with E-state index in [1.54, 1.807) is 23.7 Å². The van der Waals surface area contributed by atoms with E-state index in [1.807, 2.05) is 38.3 Å². The molecule has 0 atom stereocenters. The van der Waals surface area contributed by atoms with Crippen LogP contribution in [0, 0.1) is 0 Å². The summed E-state index contributed by atoms with van der Waals surface area (Å²) in [5.41, 5.74) is 1.67. The Balaban J connectivity index is 1.68. The van der Waals surface area contributed by atoms with Crippen molar-refractivity contribution in [2.45, 2.75) is 45.6 Å². The molecular weight excluding hydrogens is 336 g/mol. The average Bonchev–Trinajstić information content (AvgIpc) is 3.02. The number of hydrogen-bond acceptors (Lipinski definition) is 5.